The molecule has 1 radical (unpaired) electrons. The van der Waals surface area contributed by atoms with Gasteiger partial charge in [0, 0.05) is 44.9 Å². The van der Waals surface area contributed by atoms with Crippen LogP contribution in [0.25, 0.3) is 61.4 Å². The summed E-state index contributed by atoms with van der Waals surface area (Å²) in [5, 5.41) is 2.02. The molecule has 48 heavy (non-hydrogen) atoms. The van der Waals surface area contributed by atoms with Crippen LogP contribution in [0.3, 0.4) is 0 Å². The van der Waals surface area contributed by atoms with Crippen molar-refractivity contribution in [2.24, 2.45) is 0 Å². The van der Waals surface area contributed by atoms with E-state index in [1.165, 1.54) is 5.56 Å². The van der Waals surface area contributed by atoms with Crippen molar-refractivity contribution in [3.05, 3.63) is 145 Å². The molecule has 4 aromatic heterocycles. The van der Waals surface area contributed by atoms with E-state index in [9.17, 15) is 0 Å². The average Bonchev–Trinajstić information content (AvgIpc) is 3.67. The second-order valence-corrected chi connectivity index (χ2v) is 12.8. The molecule has 0 aliphatic heterocycles. The normalized spacial score (nSPS) is 12.0. The van der Waals surface area contributed by atoms with Crippen molar-refractivity contribution in [2.45, 2.75) is 45.9 Å². The molecule has 241 valence electrons. The van der Waals surface area contributed by atoms with E-state index in [1.54, 1.807) is 6.20 Å². The minimum Gasteiger partial charge on any atom is -0.501 e. The third kappa shape index (κ3) is 6.34. The number of nitrogens with zero attached hydrogens (tertiary/aromatic N) is 4. The standard InChI is InChI=1S/C31H28N3O.C11H8N.Ir/c1-19(2)20-14-15-22-23-12-9-13-24(28(23)35-26(22)18-20)30-33-29-27(25(16-17-32-29)31(3,4)5)34(30)21-10-7-6-8-11-21;1-2-6-10(7-3-1)11-8-4-5-9-12-11;/h6-12,14-19H,1-5H3;1-6,8-9H;/q2*-1;/i19D;;. The zero-order valence-electron chi connectivity index (χ0n) is 28.6. The van der Waals surface area contributed by atoms with Gasteiger partial charge in [0.2, 0.25) is 0 Å². The number of benzene rings is 4. The second-order valence-electron chi connectivity index (χ2n) is 12.8. The van der Waals surface area contributed by atoms with E-state index < -0.39 is 5.89 Å². The predicted octanol–water partition coefficient (Wildman–Crippen LogP) is 10.8. The summed E-state index contributed by atoms with van der Waals surface area (Å²) in [4.78, 5) is 13.9. The Kier molecular flexibility index (Phi) is 9.03. The van der Waals surface area contributed by atoms with E-state index in [0.717, 1.165) is 61.4 Å². The fourth-order valence-corrected chi connectivity index (χ4v) is 5.90. The van der Waals surface area contributed by atoms with Gasteiger partial charge in [-0.05, 0) is 58.5 Å². The first-order chi connectivity index (χ1) is 23.1. The van der Waals surface area contributed by atoms with E-state index >= 15 is 0 Å². The van der Waals surface area contributed by atoms with Crippen LogP contribution in [0.4, 0.5) is 0 Å². The minimum absolute atomic E-state index is 0. The molecule has 0 saturated heterocycles. The van der Waals surface area contributed by atoms with Crippen molar-refractivity contribution in [3.8, 4) is 28.3 Å². The molecule has 0 unspecified atom stereocenters. The third-order valence-electron chi connectivity index (χ3n) is 8.26. The van der Waals surface area contributed by atoms with Gasteiger partial charge in [-0.25, -0.2) is 4.98 Å². The molecule has 0 amide bonds. The molecule has 4 heterocycles. The molecule has 0 spiro atoms. The van der Waals surface area contributed by atoms with E-state index in [0.29, 0.717) is 5.65 Å². The molecule has 8 aromatic rings. The Morgan fingerprint density at radius 1 is 0.792 bits per heavy atom. The molecule has 0 aliphatic carbocycles. The first kappa shape index (κ1) is 31.7. The smallest absolute Gasteiger partial charge is 0.168 e. The van der Waals surface area contributed by atoms with Gasteiger partial charge in [-0.15, -0.1) is 54.1 Å². The third-order valence-corrected chi connectivity index (χ3v) is 8.26. The fraction of sp³-hybridized carbons (Fsp3) is 0.167. The minimum atomic E-state index is -0.710. The number of imidazole rings is 1. The number of pyridine rings is 2. The van der Waals surface area contributed by atoms with Crippen LogP contribution in [-0.4, -0.2) is 19.5 Å². The van der Waals surface area contributed by atoms with Crippen LogP contribution in [-0.2, 0) is 25.5 Å². The zero-order chi connectivity index (χ0) is 33.5. The van der Waals surface area contributed by atoms with Crippen LogP contribution < -0.4 is 0 Å². The maximum atomic E-state index is 8.45. The molecule has 0 bridgehead atoms. The molecular formula is C42H36IrN4O-2. The SMILES string of the molecule is [2H]C(C)(C)c1ccc2c(c1)oc1c(-c3nc4nccc(C(C)(C)C)c4n3-c3ccccc3)[c-]ccc12.[Ir].[c-]1ccccc1-c1ccccn1. The van der Waals surface area contributed by atoms with Crippen LogP contribution in [0.15, 0.2) is 126 Å². The Bertz CT molecular complexity index is 2320. The largest absolute Gasteiger partial charge is 0.501 e. The molecule has 0 atom stereocenters. The van der Waals surface area contributed by atoms with Crippen molar-refractivity contribution >= 4 is 33.1 Å². The Morgan fingerprint density at radius 3 is 2.29 bits per heavy atom. The predicted molar refractivity (Wildman–Crippen MR) is 192 cm³/mol. The molecule has 0 fully saturated rings. The Hall–Kier alpha value is -4.90. The van der Waals surface area contributed by atoms with Gasteiger partial charge in [0.15, 0.2) is 5.65 Å². The molecule has 5 nitrogen and oxygen atoms in total. The van der Waals surface area contributed by atoms with Crippen molar-refractivity contribution in [3.63, 3.8) is 0 Å². The first-order valence-corrected chi connectivity index (χ1v) is 15.8. The van der Waals surface area contributed by atoms with Crippen molar-refractivity contribution < 1.29 is 25.9 Å². The van der Waals surface area contributed by atoms with Crippen LogP contribution in [0.5, 0.6) is 0 Å². The Morgan fingerprint density at radius 2 is 1.58 bits per heavy atom. The number of para-hydroxylation sites is 1. The van der Waals surface area contributed by atoms with Crippen LogP contribution in [0.2, 0.25) is 0 Å². The number of aromatic nitrogens is 4. The number of rotatable bonds is 4. The maximum absolute atomic E-state index is 8.45. The van der Waals surface area contributed by atoms with E-state index in [4.69, 9.17) is 10.8 Å². The van der Waals surface area contributed by atoms with Gasteiger partial charge >= 0.3 is 0 Å². The molecule has 0 saturated carbocycles. The van der Waals surface area contributed by atoms with Gasteiger partial charge in [0.1, 0.15) is 5.58 Å². The van der Waals surface area contributed by atoms with Gasteiger partial charge in [0.05, 0.1) is 16.9 Å². The zero-order valence-corrected chi connectivity index (χ0v) is 30.0. The molecule has 0 N–H and O–H groups in total. The van der Waals surface area contributed by atoms with Crippen LogP contribution >= 0.6 is 0 Å². The Balaban J connectivity index is 0.000000270. The summed E-state index contributed by atoms with van der Waals surface area (Å²) in [6.45, 7) is 10.4. The molecule has 0 aliphatic rings. The summed E-state index contributed by atoms with van der Waals surface area (Å²) in [6.07, 6.45) is 3.63. The summed E-state index contributed by atoms with van der Waals surface area (Å²) >= 11 is 0. The first-order valence-electron chi connectivity index (χ1n) is 16.3. The van der Waals surface area contributed by atoms with E-state index in [-0.39, 0.29) is 25.5 Å². The number of hydrogen-bond donors (Lipinski definition) is 0. The van der Waals surface area contributed by atoms with Crippen molar-refractivity contribution in [1.29, 1.82) is 0 Å². The van der Waals surface area contributed by atoms with Gasteiger partial charge in [-0.1, -0.05) is 88.0 Å². The quantitative estimate of drug-likeness (QED) is 0.166. The molecule has 8 rings (SSSR count). The Labute approximate surface area is 296 Å². The van der Waals surface area contributed by atoms with Gasteiger partial charge in [-0.2, -0.15) is 0 Å². The van der Waals surface area contributed by atoms with Crippen LogP contribution in [0, 0.1) is 12.1 Å². The molecule has 4 aromatic carbocycles. The molecule has 6 heteroatoms. The summed E-state index contributed by atoms with van der Waals surface area (Å²) in [7, 11) is 0. The van der Waals surface area contributed by atoms with Crippen LogP contribution in [0.1, 0.15) is 53.0 Å². The fourth-order valence-electron chi connectivity index (χ4n) is 5.90. The van der Waals surface area contributed by atoms with E-state index in [1.807, 2.05) is 105 Å². The summed E-state index contributed by atoms with van der Waals surface area (Å²) < 4.78 is 17.1. The second kappa shape index (κ2) is 13.7. The van der Waals surface area contributed by atoms with Gasteiger partial charge < -0.3 is 14.0 Å². The summed E-state index contributed by atoms with van der Waals surface area (Å²) in [5.74, 6) is 0.0319. The number of fused-ring (bicyclic) bond motifs is 4. The average molecular weight is 806 g/mol. The monoisotopic (exact) mass is 806 g/mol. The summed E-state index contributed by atoms with van der Waals surface area (Å²) in [5.41, 5.74) is 8.98. The molecular weight excluding hydrogens is 769 g/mol. The maximum Gasteiger partial charge on any atom is 0.168 e. The number of hydrogen-bond acceptors (Lipinski definition) is 4. The topological polar surface area (TPSA) is 56.7 Å². The van der Waals surface area contributed by atoms with E-state index in [2.05, 4.69) is 71.7 Å². The number of furan rings is 1. The van der Waals surface area contributed by atoms with Gasteiger partial charge in [0.25, 0.3) is 0 Å². The van der Waals surface area contributed by atoms with Gasteiger partial charge in [-0.3, -0.25) is 4.98 Å². The van der Waals surface area contributed by atoms with Crippen molar-refractivity contribution in [1.82, 2.24) is 19.5 Å². The summed E-state index contributed by atoms with van der Waals surface area (Å²) in [6, 6.07) is 42.6. The van der Waals surface area contributed by atoms with Crippen molar-refractivity contribution in [2.75, 3.05) is 0 Å².